The number of hydrogen-bond donors (Lipinski definition) is 1. The predicted molar refractivity (Wildman–Crippen MR) is 69.5 cm³/mol. The Balaban J connectivity index is 2.46. The molecule has 0 aliphatic heterocycles. The lowest BCUT2D eigenvalue weighted by Crippen LogP contribution is -2.31. The van der Waals surface area contributed by atoms with Crippen LogP contribution in [0.15, 0.2) is 34.0 Å². The number of H-pyrrole nitrogens is 1. The zero-order valence-electron chi connectivity index (χ0n) is 8.91. The topological polar surface area (TPSA) is 54.9 Å². The van der Waals surface area contributed by atoms with Crippen LogP contribution < -0.4 is 11.2 Å². The van der Waals surface area contributed by atoms with Gasteiger partial charge in [0.15, 0.2) is 0 Å². The fourth-order valence-electron chi connectivity index (χ4n) is 1.45. The Bertz CT molecular complexity index is 709. The molecule has 0 spiro atoms. The molecule has 18 heavy (non-hydrogen) atoms. The molecule has 0 bridgehead atoms. The Labute approximate surface area is 113 Å². The first-order valence-electron chi connectivity index (χ1n) is 4.90. The van der Waals surface area contributed by atoms with E-state index in [1.54, 1.807) is 22.6 Å². The predicted octanol–water partition coefficient (Wildman–Crippen LogP) is 1.47. The SMILES string of the molecule is O=c1[nH]c(=O)n(Cc2cc(F)ccc2F)cc1I. The van der Waals surface area contributed by atoms with Gasteiger partial charge in [0.05, 0.1) is 10.1 Å². The van der Waals surface area contributed by atoms with Gasteiger partial charge in [-0.2, -0.15) is 0 Å². The summed E-state index contributed by atoms with van der Waals surface area (Å²) in [4.78, 5) is 24.7. The maximum absolute atomic E-state index is 13.4. The van der Waals surface area contributed by atoms with E-state index in [1.807, 2.05) is 0 Å². The highest BCUT2D eigenvalue weighted by atomic mass is 127. The van der Waals surface area contributed by atoms with Gasteiger partial charge in [-0.3, -0.25) is 14.3 Å². The third-order valence-electron chi connectivity index (χ3n) is 2.32. The second-order valence-corrected chi connectivity index (χ2v) is 4.76. The van der Waals surface area contributed by atoms with Crippen LogP contribution in [0.1, 0.15) is 5.56 Å². The van der Waals surface area contributed by atoms with Crippen LogP contribution in [0.3, 0.4) is 0 Å². The summed E-state index contributed by atoms with van der Waals surface area (Å²) in [6.07, 6.45) is 1.30. The molecule has 94 valence electrons. The van der Waals surface area contributed by atoms with Crippen molar-refractivity contribution in [2.45, 2.75) is 6.54 Å². The van der Waals surface area contributed by atoms with Gasteiger partial charge in [-0.05, 0) is 40.8 Å². The molecule has 0 radical (unpaired) electrons. The Morgan fingerprint density at radius 3 is 2.72 bits per heavy atom. The molecule has 0 saturated carbocycles. The van der Waals surface area contributed by atoms with Crippen molar-refractivity contribution in [2.24, 2.45) is 0 Å². The summed E-state index contributed by atoms with van der Waals surface area (Å²) >= 11 is 1.75. The van der Waals surface area contributed by atoms with Crippen LogP contribution in [0.4, 0.5) is 8.78 Å². The number of nitrogens with zero attached hydrogens (tertiary/aromatic N) is 1. The van der Waals surface area contributed by atoms with E-state index in [9.17, 15) is 18.4 Å². The van der Waals surface area contributed by atoms with Gasteiger partial charge in [0.1, 0.15) is 11.6 Å². The minimum absolute atomic E-state index is 0.0416. The third kappa shape index (κ3) is 2.66. The quantitative estimate of drug-likeness (QED) is 0.821. The van der Waals surface area contributed by atoms with E-state index in [0.29, 0.717) is 3.57 Å². The van der Waals surface area contributed by atoms with Gasteiger partial charge in [0.2, 0.25) is 0 Å². The fourth-order valence-corrected chi connectivity index (χ4v) is 1.92. The largest absolute Gasteiger partial charge is 0.328 e. The average Bonchev–Trinajstić information content (AvgIpc) is 2.30. The second-order valence-electron chi connectivity index (χ2n) is 3.60. The highest BCUT2D eigenvalue weighted by Gasteiger charge is 2.07. The fraction of sp³-hybridized carbons (Fsp3) is 0.0909. The van der Waals surface area contributed by atoms with E-state index in [0.717, 1.165) is 22.8 Å². The minimum Gasteiger partial charge on any atom is -0.295 e. The number of hydrogen-bond acceptors (Lipinski definition) is 2. The molecular weight excluding hydrogens is 357 g/mol. The highest BCUT2D eigenvalue weighted by molar-refractivity contribution is 14.1. The molecule has 1 aromatic heterocycles. The number of rotatable bonds is 2. The first-order valence-corrected chi connectivity index (χ1v) is 5.98. The first kappa shape index (κ1) is 12.9. The molecule has 7 heteroatoms. The van der Waals surface area contributed by atoms with Crippen LogP contribution in [0.5, 0.6) is 0 Å². The van der Waals surface area contributed by atoms with Crippen LogP contribution >= 0.6 is 22.6 Å². The zero-order chi connectivity index (χ0) is 13.3. The summed E-state index contributed by atoms with van der Waals surface area (Å²) in [5, 5.41) is 0. The average molecular weight is 364 g/mol. The maximum Gasteiger partial charge on any atom is 0.328 e. The molecular formula is C11H7F2IN2O2. The standard InChI is InChI=1S/C11H7F2IN2O2/c12-7-1-2-8(13)6(3-7)4-16-5-9(14)10(17)15-11(16)18/h1-3,5H,4H2,(H,15,17,18). The summed E-state index contributed by atoms with van der Waals surface area (Å²) in [6, 6.07) is 3.00. The van der Waals surface area contributed by atoms with Gasteiger partial charge in [-0.15, -0.1) is 0 Å². The number of aromatic nitrogens is 2. The number of benzene rings is 1. The van der Waals surface area contributed by atoms with Crippen LogP contribution in [-0.4, -0.2) is 9.55 Å². The molecule has 4 nitrogen and oxygen atoms in total. The van der Waals surface area contributed by atoms with Crippen molar-refractivity contribution in [3.05, 3.63) is 66.0 Å². The van der Waals surface area contributed by atoms with Crippen LogP contribution in [-0.2, 0) is 6.54 Å². The molecule has 0 unspecified atom stereocenters. The molecule has 2 aromatic rings. The second kappa shape index (κ2) is 5.01. The molecule has 0 aliphatic rings. The van der Waals surface area contributed by atoms with E-state index >= 15 is 0 Å². The van der Waals surface area contributed by atoms with Crippen molar-refractivity contribution in [3.8, 4) is 0 Å². The smallest absolute Gasteiger partial charge is 0.295 e. The zero-order valence-corrected chi connectivity index (χ0v) is 11.1. The highest BCUT2D eigenvalue weighted by Crippen LogP contribution is 2.10. The van der Waals surface area contributed by atoms with Gasteiger partial charge >= 0.3 is 5.69 Å². The molecule has 0 fully saturated rings. The normalized spacial score (nSPS) is 10.6. The third-order valence-corrected chi connectivity index (χ3v) is 3.08. The van der Waals surface area contributed by atoms with Gasteiger partial charge < -0.3 is 0 Å². The van der Waals surface area contributed by atoms with Crippen molar-refractivity contribution >= 4 is 22.6 Å². The summed E-state index contributed by atoms with van der Waals surface area (Å²) in [7, 11) is 0. The Morgan fingerprint density at radius 2 is 2.00 bits per heavy atom. The molecule has 0 amide bonds. The molecule has 0 atom stereocenters. The molecule has 1 N–H and O–H groups in total. The van der Waals surface area contributed by atoms with Crippen molar-refractivity contribution in [1.29, 1.82) is 0 Å². The lowest BCUT2D eigenvalue weighted by molar-refractivity contribution is 0.571. The van der Waals surface area contributed by atoms with E-state index in [2.05, 4.69) is 4.98 Å². The summed E-state index contributed by atoms with van der Waals surface area (Å²) in [5.74, 6) is -1.19. The molecule has 0 aliphatic carbocycles. The molecule has 1 aromatic carbocycles. The monoisotopic (exact) mass is 364 g/mol. The van der Waals surface area contributed by atoms with E-state index in [-0.39, 0.29) is 12.1 Å². The first-order chi connectivity index (χ1) is 8.47. The molecule has 1 heterocycles. The van der Waals surface area contributed by atoms with Crippen molar-refractivity contribution < 1.29 is 8.78 Å². The van der Waals surface area contributed by atoms with Gasteiger partial charge in [0.25, 0.3) is 5.56 Å². The van der Waals surface area contributed by atoms with Gasteiger partial charge in [-0.25, -0.2) is 13.6 Å². The number of aromatic amines is 1. The number of nitrogens with one attached hydrogen (secondary N) is 1. The van der Waals surface area contributed by atoms with Crippen LogP contribution in [0.25, 0.3) is 0 Å². The van der Waals surface area contributed by atoms with Crippen molar-refractivity contribution in [2.75, 3.05) is 0 Å². The summed E-state index contributed by atoms with van der Waals surface area (Å²) < 4.78 is 27.8. The minimum atomic E-state index is -0.663. The van der Waals surface area contributed by atoms with Crippen molar-refractivity contribution in [3.63, 3.8) is 0 Å². The van der Waals surface area contributed by atoms with Gasteiger partial charge in [0, 0.05) is 11.8 Å². The van der Waals surface area contributed by atoms with Crippen LogP contribution in [0.2, 0.25) is 0 Å². The summed E-state index contributed by atoms with van der Waals surface area (Å²) in [5.41, 5.74) is -1.12. The van der Waals surface area contributed by atoms with E-state index in [1.165, 1.54) is 6.20 Å². The van der Waals surface area contributed by atoms with Gasteiger partial charge in [-0.1, -0.05) is 0 Å². The Kier molecular flexibility index (Phi) is 3.60. The van der Waals surface area contributed by atoms with E-state index in [4.69, 9.17) is 0 Å². The lowest BCUT2D eigenvalue weighted by Gasteiger charge is -2.06. The van der Waals surface area contributed by atoms with Crippen LogP contribution in [0, 0.1) is 15.2 Å². The van der Waals surface area contributed by atoms with Crippen molar-refractivity contribution in [1.82, 2.24) is 9.55 Å². The maximum atomic E-state index is 13.4. The molecule has 2 rings (SSSR count). The Morgan fingerprint density at radius 1 is 1.28 bits per heavy atom. The lowest BCUT2D eigenvalue weighted by atomic mass is 10.2. The molecule has 0 saturated heterocycles. The van der Waals surface area contributed by atoms with E-state index < -0.39 is 22.9 Å². The Hall–Kier alpha value is -1.51. The summed E-state index contributed by atoms with van der Waals surface area (Å²) in [6.45, 7) is -0.144. The number of halogens is 3.